The first kappa shape index (κ1) is 19.9. The van der Waals surface area contributed by atoms with E-state index in [4.69, 9.17) is 4.98 Å². The lowest BCUT2D eigenvalue weighted by atomic mass is 10.1. The fraction of sp³-hybridized carbons (Fsp3) is 0.478. The van der Waals surface area contributed by atoms with Gasteiger partial charge in [0.1, 0.15) is 0 Å². The summed E-state index contributed by atoms with van der Waals surface area (Å²) in [4.78, 5) is 9.90. The predicted octanol–water partition coefficient (Wildman–Crippen LogP) is 3.46. The molecule has 6 nitrogen and oxygen atoms in total. The summed E-state index contributed by atoms with van der Waals surface area (Å²) < 4.78 is 4.32. The van der Waals surface area contributed by atoms with E-state index in [-0.39, 0.29) is 0 Å². The maximum atomic E-state index is 4.84. The number of piperazine rings is 1. The van der Waals surface area contributed by atoms with Crippen molar-refractivity contribution in [1.82, 2.24) is 29.1 Å². The molecule has 1 saturated heterocycles. The van der Waals surface area contributed by atoms with Gasteiger partial charge < -0.3 is 9.47 Å². The lowest BCUT2D eigenvalue weighted by Gasteiger charge is -2.38. The Labute approximate surface area is 173 Å². The Hall–Kier alpha value is -2.44. The minimum absolute atomic E-state index is 0.515. The van der Waals surface area contributed by atoms with Crippen LogP contribution >= 0.6 is 0 Å². The van der Waals surface area contributed by atoms with Crippen molar-refractivity contribution in [1.29, 1.82) is 0 Å². The van der Waals surface area contributed by atoms with Crippen molar-refractivity contribution < 1.29 is 0 Å². The summed E-state index contributed by atoms with van der Waals surface area (Å²) in [6.45, 7) is 10.8. The number of imidazole rings is 1. The van der Waals surface area contributed by atoms with E-state index < -0.39 is 0 Å². The Morgan fingerprint density at radius 1 is 1.00 bits per heavy atom. The van der Waals surface area contributed by atoms with Gasteiger partial charge in [0.2, 0.25) is 0 Å². The van der Waals surface area contributed by atoms with Crippen LogP contribution in [-0.2, 0) is 13.1 Å². The summed E-state index contributed by atoms with van der Waals surface area (Å²) in [5, 5.41) is 4.52. The van der Waals surface area contributed by atoms with Crippen LogP contribution in [0, 0.1) is 0 Å². The van der Waals surface area contributed by atoms with E-state index >= 15 is 0 Å². The summed E-state index contributed by atoms with van der Waals surface area (Å²) >= 11 is 0. The molecule has 0 radical (unpaired) electrons. The van der Waals surface area contributed by atoms with Crippen LogP contribution in [0.3, 0.4) is 0 Å². The highest BCUT2D eigenvalue weighted by Gasteiger charge is 2.24. The molecule has 1 aliphatic rings. The third kappa shape index (κ3) is 4.28. The molecule has 3 heterocycles. The van der Waals surface area contributed by atoms with E-state index in [0.29, 0.717) is 6.04 Å². The van der Waals surface area contributed by atoms with Crippen LogP contribution in [0.1, 0.15) is 20.3 Å². The SMILES string of the molecule is CCC(Cn1cnc(-c2ccccc2)c1-c1cnn(CC)c1)N1CCN(C)CC1. The number of hydrogen-bond donors (Lipinski definition) is 0. The minimum Gasteiger partial charge on any atom is -0.328 e. The maximum Gasteiger partial charge on any atom is 0.0964 e. The molecule has 1 atom stereocenters. The summed E-state index contributed by atoms with van der Waals surface area (Å²) in [5.74, 6) is 0. The summed E-state index contributed by atoms with van der Waals surface area (Å²) in [7, 11) is 2.21. The van der Waals surface area contributed by atoms with Gasteiger partial charge in [-0.1, -0.05) is 37.3 Å². The highest BCUT2D eigenvalue weighted by Crippen LogP contribution is 2.31. The lowest BCUT2D eigenvalue weighted by molar-refractivity contribution is 0.100. The quantitative estimate of drug-likeness (QED) is 0.618. The molecule has 29 heavy (non-hydrogen) atoms. The molecule has 0 amide bonds. The first-order valence-corrected chi connectivity index (χ1v) is 10.8. The van der Waals surface area contributed by atoms with Crippen LogP contribution in [-0.4, -0.2) is 68.4 Å². The van der Waals surface area contributed by atoms with Crippen LogP contribution in [0.4, 0.5) is 0 Å². The van der Waals surface area contributed by atoms with Gasteiger partial charge in [-0.15, -0.1) is 0 Å². The van der Waals surface area contributed by atoms with Gasteiger partial charge in [0.25, 0.3) is 0 Å². The van der Waals surface area contributed by atoms with Crippen LogP contribution < -0.4 is 0 Å². The number of likely N-dealkylation sites (N-methyl/N-ethyl adjacent to an activating group) is 1. The van der Waals surface area contributed by atoms with Crippen molar-refractivity contribution in [3.05, 3.63) is 49.1 Å². The molecule has 0 saturated carbocycles. The van der Waals surface area contributed by atoms with Gasteiger partial charge in [-0.3, -0.25) is 9.58 Å². The van der Waals surface area contributed by atoms with E-state index in [2.05, 4.69) is 76.9 Å². The second-order valence-electron chi connectivity index (χ2n) is 7.95. The van der Waals surface area contributed by atoms with Gasteiger partial charge in [-0.25, -0.2) is 4.98 Å². The van der Waals surface area contributed by atoms with Crippen LogP contribution in [0.15, 0.2) is 49.1 Å². The minimum atomic E-state index is 0.515. The first-order chi connectivity index (χ1) is 14.2. The summed E-state index contributed by atoms with van der Waals surface area (Å²) in [6.07, 6.45) is 7.26. The number of nitrogens with zero attached hydrogens (tertiary/aromatic N) is 6. The number of aromatic nitrogens is 4. The molecule has 3 aromatic rings. The van der Waals surface area contributed by atoms with Crippen LogP contribution in [0.25, 0.3) is 22.5 Å². The Bertz CT molecular complexity index is 905. The lowest BCUT2D eigenvalue weighted by Crippen LogP contribution is -2.50. The molecule has 1 aromatic carbocycles. The van der Waals surface area contributed by atoms with Gasteiger partial charge in [0.15, 0.2) is 0 Å². The molecule has 2 aromatic heterocycles. The molecule has 0 N–H and O–H groups in total. The van der Waals surface area contributed by atoms with Crippen molar-refractivity contribution in [2.75, 3.05) is 33.2 Å². The maximum absolute atomic E-state index is 4.84. The molecular formula is C23H32N6. The molecule has 6 heteroatoms. The third-order valence-corrected chi connectivity index (χ3v) is 6.05. The molecule has 1 aliphatic heterocycles. The molecule has 0 aliphatic carbocycles. The normalized spacial score (nSPS) is 16.9. The van der Waals surface area contributed by atoms with Crippen molar-refractivity contribution in [2.45, 2.75) is 39.4 Å². The highest BCUT2D eigenvalue weighted by atomic mass is 15.3. The first-order valence-electron chi connectivity index (χ1n) is 10.8. The molecule has 0 spiro atoms. The van der Waals surface area contributed by atoms with E-state index in [1.165, 1.54) is 5.69 Å². The second kappa shape index (κ2) is 8.93. The van der Waals surface area contributed by atoms with E-state index in [9.17, 15) is 0 Å². The Kier molecular flexibility index (Phi) is 6.11. The van der Waals surface area contributed by atoms with E-state index in [1.54, 1.807) is 0 Å². The number of hydrogen-bond acceptors (Lipinski definition) is 4. The Morgan fingerprint density at radius 3 is 2.41 bits per heavy atom. The Balaban J connectivity index is 1.68. The highest BCUT2D eigenvalue weighted by molar-refractivity contribution is 5.78. The van der Waals surface area contributed by atoms with E-state index in [0.717, 1.165) is 62.5 Å². The standard InChI is InChI=1S/C23H32N6/c1-4-21(27-13-11-26(3)12-14-27)17-28-18-24-22(19-9-7-6-8-10-19)23(28)20-15-25-29(5-2)16-20/h6-10,15-16,18,21H,4-5,11-14,17H2,1-3H3. The van der Waals surface area contributed by atoms with Gasteiger partial charge in [0.05, 0.1) is 23.9 Å². The zero-order valence-corrected chi connectivity index (χ0v) is 17.8. The van der Waals surface area contributed by atoms with Gasteiger partial charge in [-0.05, 0) is 20.4 Å². The monoisotopic (exact) mass is 392 g/mol. The van der Waals surface area contributed by atoms with Crippen molar-refractivity contribution in [2.24, 2.45) is 0 Å². The van der Waals surface area contributed by atoms with Gasteiger partial charge >= 0.3 is 0 Å². The average molecular weight is 393 g/mol. The van der Waals surface area contributed by atoms with Crippen LogP contribution in [0.2, 0.25) is 0 Å². The molecule has 4 rings (SSSR count). The van der Waals surface area contributed by atoms with Crippen LogP contribution in [0.5, 0.6) is 0 Å². The van der Waals surface area contributed by atoms with Crippen molar-refractivity contribution >= 4 is 0 Å². The second-order valence-corrected chi connectivity index (χ2v) is 7.95. The zero-order valence-electron chi connectivity index (χ0n) is 17.8. The number of rotatable bonds is 7. The van der Waals surface area contributed by atoms with Gasteiger partial charge in [0, 0.05) is 62.6 Å². The largest absolute Gasteiger partial charge is 0.328 e. The number of benzene rings is 1. The molecule has 154 valence electrons. The topological polar surface area (TPSA) is 42.1 Å². The Morgan fingerprint density at radius 2 is 1.76 bits per heavy atom. The summed E-state index contributed by atoms with van der Waals surface area (Å²) in [6, 6.07) is 11.0. The fourth-order valence-corrected chi connectivity index (χ4v) is 4.21. The zero-order chi connectivity index (χ0) is 20.2. The van der Waals surface area contributed by atoms with E-state index in [1.807, 2.05) is 17.2 Å². The number of aryl methyl sites for hydroxylation is 1. The molecule has 1 fully saturated rings. The molecular weight excluding hydrogens is 360 g/mol. The van der Waals surface area contributed by atoms with Crippen molar-refractivity contribution in [3.63, 3.8) is 0 Å². The molecule has 1 unspecified atom stereocenters. The fourth-order valence-electron chi connectivity index (χ4n) is 4.21. The average Bonchev–Trinajstić information content (AvgIpc) is 3.40. The predicted molar refractivity (Wildman–Crippen MR) is 118 cm³/mol. The van der Waals surface area contributed by atoms with Gasteiger partial charge in [-0.2, -0.15) is 5.10 Å². The molecule has 0 bridgehead atoms. The third-order valence-electron chi connectivity index (χ3n) is 6.05. The summed E-state index contributed by atoms with van der Waals surface area (Å²) in [5.41, 5.74) is 4.49. The smallest absolute Gasteiger partial charge is 0.0964 e. The van der Waals surface area contributed by atoms with Crippen molar-refractivity contribution in [3.8, 4) is 22.5 Å².